The topological polar surface area (TPSA) is 72.7 Å². The Morgan fingerprint density at radius 2 is 2.35 bits per heavy atom. The van der Waals surface area contributed by atoms with Crippen molar-refractivity contribution >= 4 is 11.7 Å². The van der Waals surface area contributed by atoms with Gasteiger partial charge in [-0.2, -0.15) is 5.10 Å². The van der Waals surface area contributed by atoms with Gasteiger partial charge in [-0.1, -0.05) is 6.92 Å². The third-order valence-corrected chi connectivity index (χ3v) is 2.80. The summed E-state index contributed by atoms with van der Waals surface area (Å²) in [5.74, 6) is 0.651. The Balaban J connectivity index is 2.12. The molecule has 17 heavy (non-hydrogen) atoms. The molecule has 86 valence electrons. The van der Waals surface area contributed by atoms with Crippen molar-refractivity contribution < 1.29 is 4.79 Å². The van der Waals surface area contributed by atoms with E-state index >= 15 is 0 Å². The summed E-state index contributed by atoms with van der Waals surface area (Å²) < 4.78 is 1.59. The molecule has 0 aliphatic carbocycles. The zero-order chi connectivity index (χ0) is 11.8. The maximum Gasteiger partial charge on any atom is 0.294 e. The Morgan fingerprint density at radius 3 is 3.18 bits per heavy atom. The van der Waals surface area contributed by atoms with Gasteiger partial charge < -0.3 is 5.32 Å². The van der Waals surface area contributed by atoms with Crippen molar-refractivity contribution in [3.8, 4) is 0 Å². The van der Waals surface area contributed by atoms with Gasteiger partial charge in [0.2, 0.25) is 5.82 Å². The number of carbonyl (C=O) groups excluding carboxylic acids is 1. The number of aryl methyl sites for hydroxylation is 1. The highest BCUT2D eigenvalue weighted by atomic mass is 16.2. The maximum absolute atomic E-state index is 11.8. The number of nitrogens with zero attached hydrogens (tertiary/aromatic N) is 4. The molecule has 2 aromatic heterocycles. The summed E-state index contributed by atoms with van der Waals surface area (Å²) >= 11 is 0. The van der Waals surface area contributed by atoms with E-state index in [0.717, 1.165) is 17.5 Å². The van der Waals surface area contributed by atoms with Crippen molar-refractivity contribution in [1.82, 2.24) is 19.7 Å². The normalized spacial score (nSPS) is 13.6. The van der Waals surface area contributed by atoms with Gasteiger partial charge >= 0.3 is 0 Å². The van der Waals surface area contributed by atoms with Crippen LogP contribution in [0, 0.1) is 0 Å². The number of pyridine rings is 1. The number of hydrogen-bond donors (Lipinski definition) is 1. The molecule has 0 atom stereocenters. The van der Waals surface area contributed by atoms with Crippen LogP contribution in [0.3, 0.4) is 0 Å². The molecule has 0 spiro atoms. The number of aromatic nitrogens is 4. The molecule has 1 N–H and O–H groups in total. The molecule has 1 aliphatic heterocycles. The molecule has 1 aliphatic rings. The van der Waals surface area contributed by atoms with Crippen LogP contribution >= 0.6 is 0 Å². The molecule has 3 rings (SSSR count). The van der Waals surface area contributed by atoms with E-state index in [4.69, 9.17) is 0 Å². The summed E-state index contributed by atoms with van der Waals surface area (Å²) in [5.41, 5.74) is 2.10. The molecule has 0 bridgehead atoms. The Labute approximate surface area is 97.7 Å². The number of carbonyl (C=O) groups is 1. The van der Waals surface area contributed by atoms with Crippen LogP contribution in [0.15, 0.2) is 18.6 Å². The molecule has 0 unspecified atom stereocenters. The second-order valence-electron chi connectivity index (χ2n) is 3.90. The van der Waals surface area contributed by atoms with Crippen molar-refractivity contribution in [3.63, 3.8) is 0 Å². The van der Waals surface area contributed by atoms with Gasteiger partial charge in [-0.3, -0.25) is 4.79 Å². The predicted molar refractivity (Wildman–Crippen MR) is 60.7 cm³/mol. The fraction of sp³-hybridized carbons (Fsp3) is 0.273. The van der Waals surface area contributed by atoms with E-state index in [9.17, 15) is 4.79 Å². The van der Waals surface area contributed by atoms with E-state index in [1.54, 1.807) is 10.9 Å². The van der Waals surface area contributed by atoms with Gasteiger partial charge in [0.1, 0.15) is 12.1 Å². The average Bonchev–Trinajstić information content (AvgIpc) is 2.75. The highest BCUT2D eigenvalue weighted by Gasteiger charge is 2.21. The first-order chi connectivity index (χ1) is 8.28. The summed E-state index contributed by atoms with van der Waals surface area (Å²) in [6.45, 7) is 2.59. The first-order valence-electron chi connectivity index (χ1n) is 5.45. The van der Waals surface area contributed by atoms with E-state index < -0.39 is 0 Å². The highest BCUT2D eigenvalue weighted by molar-refractivity contribution is 6.02. The predicted octanol–water partition coefficient (Wildman–Crippen LogP) is 0.849. The molecule has 6 heteroatoms. The van der Waals surface area contributed by atoms with Crippen LogP contribution in [0.5, 0.6) is 0 Å². The van der Waals surface area contributed by atoms with Crippen molar-refractivity contribution in [2.45, 2.75) is 19.9 Å². The first-order valence-corrected chi connectivity index (χ1v) is 5.45. The van der Waals surface area contributed by atoms with E-state index in [2.05, 4.69) is 27.3 Å². The second-order valence-corrected chi connectivity index (χ2v) is 3.90. The van der Waals surface area contributed by atoms with Crippen LogP contribution in [0.2, 0.25) is 0 Å². The number of nitrogens with one attached hydrogen (secondary N) is 1. The van der Waals surface area contributed by atoms with Gasteiger partial charge in [-0.05, 0) is 18.1 Å². The monoisotopic (exact) mass is 229 g/mol. The number of hydrogen-bond acceptors (Lipinski definition) is 4. The Hall–Kier alpha value is -2.24. The van der Waals surface area contributed by atoms with Crippen LogP contribution < -0.4 is 5.32 Å². The summed E-state index contributed by atoms with van der Waals surface area (Å²) in [7, 11) is 0. The quantitative estimate of drug-likeness (QED) is 0.786. The minimum absolute atomic E-state index is 0.266. The molecule has 0 fully saturated rings. The minimum atomic E-state index is -0.266. The Bertz CT molecular complexity index is 589. The third-order valence-electron chi connectivity index (χ3n) is 2.80. The Morgan fingerprint density at radius 1 is 1.47 bits per heavy atom. The summed E-state index contributed by atoms with van der Waals surface area (Å²) in [6.07, 6.45) is 4.08. The maximum atomic E-state index is 11.8. The zero-order valence-corrected chi connectivity index (χ0v) is 9.34. The van der Waals surface area contributed by atoms with E-state index in [1.807, 2.05) is 6.07 Å². The fourth-order valence-corrected chi connectivity index (χ4v) is 1.87. The van der Waals surface area contributed by atoms with Gasteiger partial charge in [-0.25, -0.2) is 14.6 Å². The number of fused-ring (bicyclic) bond motifs is 2. The SMILES string of the molecule is CCc1cnc2c(c1)Cn1ncnc1C(=O)N2. The molecule has 0 aromatic carbocycles. The van der Waals surface area contributed by atoms with Gasteiger partial charge in [0.25, 0.3) is 5.91 Å². The summed E-state index contributed by atoms with van der Waals surface area (Å²) in [5, 5.41) is 6.78. The van der Waals surface area contributed by atoms with Gasteiger partial charge in [0.05, 0.1) is 6.54 Å². The number of anilines is 1. The standard InChI is InChI=1S/C11H11N5O/c1-2-7-3-8-5-16-10(13-6-14-16)11(17)15-9(8)12-4-7/h3-4,6H,2,5H2,1H3,(H,12,15,17). The summed E-state index contributed by atoms with van der Waals surface area (Å²) in [4.78, 5) is 20.0. The van der Waals surface area contributed by atoms with Crippen molar-refractivity contribution in [3.05, 3.63) is 35.5 Å². The van der Waals surface area contributed by atoms with Crippen molar-refractivity contribution in [1.29, 1.82) is 0 Å². The lowest BCUT2D eigenvalue weighted by atomic mass is 10.1. The van der Waals surface area contributed by atoms with Crippen molar-refractivity contribution in [2.75, 3.05) is 5.32 Å². The molecule has 6 nitrogen and oxygen atoms in total. The van der Waals surface area contributed by atoms with E-state index in [-0.39, 0.29) is 5.91 Å². The van der Waals surface area contributed by atoms with E-state index in [0.29, 0.717) is 18.2 Å². The van der Waals surface area contributed by atoms with E-state index in [1.165, 1.54) is 6.33 Å². The van der Waals surface area contributed by atoms with Crippen LogP contribution in [0.4, 0.5) is 5.82 Å². The molecule has 2 aromatic rings. The molecular formula is C11H11N5O. The highest BCUT2D eigenvalue weighted by Crippen LogP contribution is 2.19. The van der Waals surface area contributed by atoms with Crippen LogP contribution in [-0.4, -0.2) is 25.7 Å². The fourth-order valence-electron chi connectivity index (χ4n) is 1.87. The number of rotatable bonds is 1. The lowest BCUT2D eigenvalue weighted by Crippen LogP contribution is -2.15. The first kappa shape index (κ1) is 9.95. The smallest absolute Gasteiger partial charge is 0.294 e. The lowest BCUT2D eigenvalue weighted by Gasteiger charge is -2.06. The molecule has 3 heterocycles. The molecule has 0 saturated heterocycles. The molecule has 0 saturated carbocycles. The van der Waals surface area contributed by atoms with Crippen molar-refractivity contribution in [2.24, 2.45) is 0 Å². The van der Waals surface area contributed by atoms with Gasteiger partial charge in [0.15, 0.2) is 0 Å². The average molecular weight is 229 g/mol. The molecule has 0 radical (unpaired) electrons. The molecule has 1 amide bonds. The van der Waals surface area contributed by atoms with Crippen LogP contribution in [0.25, 0.3) is 0 Å². The Kier molecular flexibility index (Phi) is 2.14. The van der Waals surface area contributed by atoms with Gasteiger partial charge in [-0.15, -0.1) is 0 Å². The van der Waals surface area contributed by atoms with Crippen LogP contribution in [0.1, 0.15) is 28.7 Å². The zero-order valence-electron chi connectivity index (χ0n) is 9.34. The second kappa shape index (κ2) is 3.65. The summed E-state index contributed by atoms with van der Waals surface area (Å²) in [6, 6.07) is 2.04. The number of amides is 1. The van der Waals surface area contributed by atoms with Crippen LogP contribution in [-0.2, 0) is 13.0 Å². The largest absolute Gasteiger partial charge is 0.304 e. The molecular weight excluding hydrogens is 218 g/mol. The minimum Gasteiger partial charge on any atom is -0.304 e. The third kappa shape index (κ3) is 1.57. The van der Waals surface area contributed by atoms with Gasteiger partial charge in [0, 0.05) is 11.8 Å². The lowest BCUT2D eigenvalue weighted by molar-refractivity contribution is 0.101.